The molecule has 1 fully saturated rings. The molecule has 6 nitrogen and oxygen atoms in total. The number of nitrogens with one attached hydrogen (secondary N) is 2. The van der Waals surface area contributed by atoms with Crippen LogP contribution in [0, 0.1) is 0 Å². The Morgan fingerprint density at radius 3 is 2.75 bits per heavy atom. The van der Waals surface area contributed by atoms with Crippen molar-refractivity contribution in [3.8, 4) is 0 Å². The number of hydrogen-bond donors (Lipinski definition) is 2. The molecular formula is C10H19N3O3. The van der Waals surface area contributed by atoms with Gasteiger partial charge >= 0.3 is 0 Å². The number of hydrogen-bond acceptors (Lipinski definition) is 5. The second kappa shape index (κ2) is 6.57. The van der Waals surface area contributed by atoms with Crippen LogP contribution < -0.4 is 10.6 Å². The van der Waals surface area contributed by atoms with Crippen molar-refractivity contribution in [3.05, 3.63) is 0 Å². The standard InChI is InChI=1S/C10H19N3O3/c1-13(2)4-6-16-5-3-11-8-7-9(14)12-10(8)15/h8,11H,3-7H2,1-2H3,(H,12,14,15). The van der Waals surface area contributed by atoms with Gasteiger partial charge in [0.2, 0.25) is 11.8 Å². The summed E-state index contributed by atoms with van der Waals surface area (Å²) >= 11 is 0. The van der Waals surface area contributed by atoms with Gasteiger partial charge in [0.1, 0.15) is 0 Å². The summed E-state index contributed by atoms with van der Waals surface area (Å²) in [6.07, 6.45) is 0.233. The van der Waals surface area contributed by atoms with E-state index in [1.165, 1.54) is 0 Å². The van der Waals surface area contributed by atoms with Crippen LogP contribution in [0.3, 0.4) is 0 Å². The Bertz CT molecular complexity index is 256. The first-order chi connectivity index (χ1) is 7.59. The van der Waals surface area contributed by atoms with Crippen molar-refractivity contribution >= 4 is 11.8 Å². The summed E-state index contributed by atoms with van der Waals surface area (Å²) < 4.78 is 5.35. The molecule has 16 heavy (non-hydrogen) atoms. The largest absolute Gasteiger partial charge is 0.379 e. The average molecular weight is 229 g/mol. The molecule has 0 aliphatic carbocycles. The second-order valence-electron chi connectivity index (χ2n) is 4.04. The summed E-state index contributed by atoms with van der Waals surface area (Å²) in [5, 5.41) is 5.22. The van der Waals surface area contributed by atoms with Crippen molar-refractivity contribution in [3.63, 3.8) is 0 Å². The van der Waals surface area contributed by atoms with Crippen LogP contribution in [0.5, 0.6) is 0 Å². The van der Waals surface area contributed by atoms with E-state index in [1.54, 1.807) is 0 Å². The van der Waals surface area contributed by atoms with Gasteiger partial charge in [0.05, 0.1) is 25.7 Å². The molecular weight excluding hydrogens is 210 g/mol. The van der Waals surface area contributed by atoms with Gasteiger partial charge in [0, 0.05) is 13.1 Å². The highest BCUT2D eigenvalue weighted by Gasteiger charge is 2.29. The van der Waals surface area contributed by atoms with E-state index in [9.17, 15) is 9.59 Å². The third-order valence-corrected chi connectivity index (χ3v) is 2.29. The number of rotatable bonds is 7. The van der Waals surface area contributed by atoms with E-state index in [0.29, 0.717) is 19.8 Å². The quantitative estimate of drug-likeness (QED) is 0.414. The maximum Gasteiger partial charge on any atom is 0.244 e. The molecule has 1 aliphatic heterocycles. The van der Waals surface area contributed by atoms with Crippen molar-refractivity contribution in [1.82, 2.24) is 15.5 Å². The highest BCUT2D eigenvalue weighted by molar-refractivity contribution is 6.05. The predicted molar refractivity (Wildman–Crippen MR) is 58.9 cm³/mol. The lowest BCUT2D eigenvalue weighted by atomic mass is 10.2. The zero-order valence-corrected chi connectivity index (χ0v) is 9.78. The third kappa shape index (κ3) is 4.69. The number of nitrogens with zero attached hydrogens (tertiary/aromatic N) is 1. The van der Waals surface area contributed by atoms with Crippen LogP contribution in [-0.4, -0.2) is 63.2 Å². The Labute approximate surface area is 95.3 Å². The Balaban J connectivity index is 1.99. The molecule has 1 atom stereocenters. The molecule has 0 saturated carbocycles. The molecule has 0 aromatic rings. The van der Waals surface area contributed by atoms with Crippen molar-refractivity contribution in [2.45, 2.75) is 12.5 Å². The van der Waals surface area contributed by atoms with Gasteiger partial charge in [-0.2, -0.15) is 0 Å². The summed E-state index contributed by atoms with van der Waals surface area (Å²) in [5.74, 6) is -0.450. The number of imide groups is 1. The second-order valence-corrected chi connectivity index (χ2v) is 4.04. The van der Waals surface area contributed by atoms with Gasteiger partial charge in [-0.05, 0) is 14.1 Å². The summed E-state index contributed by atoms with van der Waals surface area (Å²) in [6, 6.07) is -0.384. The summed E-state index contributed by atoms with van der Waals surface area (Å²) in [5.41, 5.74) is 0. The van der Waals surface area contributed by atoms with Crippen LogP contribution in [0.1, 0.15) is 6.42 Å². The molecule has 0 aromatic heterocycles. The zero-order valence-electron chi connectivity index (χ0n) is 9.78. The minimum atomic E-state index is -0.384. The maximum atomic E-state index is 11.2. The molecule has 0 aromatic carbocycles. The summed E-state index contributed by atoms with van der Waals surface area (Å²) in [6.45, 7) is 2.68. The Hall–Kier alpha value is -0.980. The van der Waals surface area contributed by atoms with Gasteiger partial charge in [-0.25, -0.2) is 0 Å². The molecule has 6 heteroatoms. The molecule has 1 heterocycles. The van der Waals surface area contributed by atoms with Gasteiger partial charge in [-0.3, -0.25) is 14.9 Å². The average Bonchev–Trinajstić information content (AvgIpc) is 2.50. The van der Waals surface area contributed by atoms with Gasteiger partial charge in [-0.1, -0.05) is 0 Å². The monoisotopic (exact) mass is 229 g/mol. The lowest BCUT2D eigenvalue weighted by Gasteiger charge is -2.11. The fourth-order valence-corrected chi connectivity index (χ4v) is 1.37. The van der Waals surface area contributed by atoms with Crippen LogP contribution in [0.25, 0.3) is 0 Å². The van der Waals surface area contributed by atoms with Crippen molar-refractivity contribution in [1.29, 1.82) is 0 Å². The van der Waals surface area contributed by atoms with Gasteiger partial charge in [0.25, 0.3) is 0 Å². The molecule has 0 bridgehead atoms. The van der Waals surface area contributed by atoms with E-state index in [4.69, 9.17) is 4.74 Å². The zero-order chi connectivity index (χ0) is 12.0. The van der Waals surface area contributed by atoms with Gasteiger partial charge in [-0.15, -0.1) is 0 Å². The smallest absolute Gasteiger partial charge is 0.244 e. The highest BCUT2D eigenvalue weighted by atomic mass is 16.5. The molecule has 0 spiro atoms. The molecule has 1 rings (SSSR count). The van der Waals surface area contributed by atoms with Crippen molar-refractivity contribution in [2.24, 2.45) is 0 Å². The minimum Gasteiger partial charge on any atom is -0.379 e. The van der Waals surface area contributed by atoms with Crippen LogP contribution in [0.2, 0.25) is 0 Å². The summed E-state index contributed by atoms with van der Waals surface area (Å²) in [4.78, 5) is 24.1. The molecule has 2 amide bonds. The molecule has 92 valence electrons. The van der Waals surface area contributed by atoms with E-state index in [1.807, 2.05) is 19.0 Å². The SMILES string of the molecule is CN(C)CCOCCNC1CC(=O)NC1=O. The lowest BCUT2D eigenvalue weighted by Crippen LogP contribution is -2.38. The number of ether oxygens (including phenoxy) is 1. The normalized spacial score (nSPS) is 20.6. The minimum absolute atomic E-state index is 0.212. The fourth-order valence-electron chi connectivity index (χ4n) is 1.37. The van der Waals surface area contributed by atoms with Crippen LogP contribution >= 0.6 is 0 Å². The molecule has 1 aliphatic rings. The predicted octanol–water partition coefficient (Wildman–Crippen LogP) is -1.43. The lowest BCUT2D eigenvalue weighted by molar-refractivity contribution is -0.125. The molecule has 0 radical (unpaired) electrons. The number of carbonyl (C=O) groups is 2. The Morgan fingerprint density at radius 1 is 1.44 bits per heavy atom. The van der Waals surface area contributed by atoms with Crippen LogP contribution in [0.15, 0.2) is 0 Å². The van der Waals surface area contributed by atoms with Gasteiger partial charge < -0.3 is 15.0 Å². The summed E-state index contributed by atoms with van der Waals surface area (Å²) in [7, 11) is 3.96. The van der Waals surface area contributed by atoms with E-state index >= 15 is 0 Å². The van der Waals surface area contributed by atoms with Crippen molar-refractivity contribution < 1.29 is 14.3 Å². The van der Waals surface area contributed by atoms with Crippen LogP contribution in [0.4, 0.5) is 0 Å². The Kier molecular flexibility index (Phi) is 5.37. The Morgan fingerprint density at radius 2 is 2.19 bits per heavy atom. The van der Waals surface area contributed by atoms with Crippen LogP contribution in [-0.2, 0) is 14.3 Å². The first kappa shape index (κ1) is 13.1. The molecule has 1 unspecified atom stereocenters. The maximum absolute atomic E-state index is 11.2. The number of likely N-dealkylation sites (N-methyl/N-ethyl adjacent to an activating group) is 1. The number of carbonyl (C=O) groups excluding carboxylic acids is 2. The van der Waals surface area contributed by atoms with Gasteiger partial charge in [0.15, 0.2) is 0 Å². The number of amides is 2. The third-order valence-electron chi connectivity index (χ3n) is 2.29. The molecule has 1 saturated heterocycles. The topological polar surface area (TPSA) is 70.7 Å². The highest BCUT2D eigenvalue weighted by Crippen LogP contribution is 2.00. The van der Waals surface area contributed by atoms with E-state index < -0.39 is 0 Å². The first-order valence-corrected chi connectivity index (χ1v) is 5.39. The fraction of sp³-hybridized carbons (Fsp3) is 0.800. The van der Waals surface area contributed by atoms with Crippen molar-refractivity contribution in [2.75, 3.05) is 40.4 Å². The van der Waals surface area contributed by atoms with E-state index in [2.05, 4.69) is 10.6 Å². The molecule has 2 N–H and O–H groups in total. The first-order valence-electron chi connectivity index (χ1n) is 5.39. The van der Waals surface area contributed by atoms with E-state index in [0.717, 1.165) is 6.54 Å². The van der Waals surface area contributed by atoms with E-state index in [-0.39, 0.29) is 24.3 Å².